The third-order valence-corrected chi connectivity index (χ3v) is 4.04. The molecule has 0 aliphatic heterocycles. The van der Waals surface area contributed by atoms with E-state index in [1.807, 2.05) is 24.3 Å². The Labute approximate surface area is 145 Å². The fourth-order valence-electron chi connectivity index (χ4n) is 2.61. The van der Waals surface area contributed by atoms with E-state index in [4.69, 9.17) is 9.47 Å². The molecular formula is C21H27O3. The van der Waals surface area contributed by atoms with Crippen molar-refractivity contribution in [1.29, 1.82) is 0 Å². The van der Waals surface area contributed by atoms with Crippen LogP contribution in [0.5, 0.6) is 11.5 Å². The lowest BCUT2D eigenvalue weighted by molar-refractivity contribution is 0.278. The minimum absolute atomic E-state index is 0.0464. The van der Waals surface area contributed by atoms with Gasteiger partial charge in [0.25, 0.3) is 0 Å². The molecule has 0 aromatic heterocycles. The van der Waals surface area contributed by atoms with E-state index in [1.54, 1.807) is 7.11 Å². The Balaban J connectivity index is 1.97. The van der Waals surface area contributed by atoms with E-state index in [0.29, 0.717) is 0 Å². The normalized spacial score (nSPS) is 10.6. The molecule has 0 aliphatic rings. The number of ether oxygens (including phenoxy) is 2. The monoisotopic (exact) mass is 327 g/mol. The molecule has 0 unspecified atom stereocenters. The van der Waals surface area contributed by atoms with Crippen LogP contribution in [0, 0.1) is 6.07 Å². The third kappa shape index (κ3) is 5.57. The first-order valence-electron chi connectivity index (χ1n) is 8.67. The molecule has 0 bridgehead atoms. The van der Waals surface area contributed by atoms with E-state index >= 15 is 0 Å². The topological polar surface area (TPSA) is 38.7 Å². The van der Waals surface area contributed by atoms with Crippen LogP contribution in [0.2, 0.25) is 0 Å². The van der Waals surface area contributed by atoms with Crippen LogP contribution in [-0.2, 0) is 19.4 Å². The van der Waals surface area contributed by atoms with E-state index < -0.39 is 0 Å². The van der Waals surface area contributed by atoms with Gasteiger partial charge in [0, 0.05) is 6.07 Å². The summed E-state index contributed by atoms with van der Waals surface area (Å²) in [5.74, 6) is 1.69. The Hall–Kier alpha value is -2.00. The molecule has 24 heavy (non-hydrogen) atoms. The molecule has 2 aromatic carbocycles. The summed E-state index contributed by atoms with van der Waals surface area (Å²) in [6.45, 7) is 2.93. The maximum Gasteiger partial charge on any atom is 0.127 e. The van der Waals surface area contributed by atoms with Crippen molar-refractivity contribution in [2.75, 3.05) is 13.7 Å². The number of unbranched alkanes of at least 4 members (excludes halogenated alkanes) is 1. The van der Waals surface area contributed by atoms with Crippen LogP contribution in [0.25, 0.3) is 0 Å². The Morgan fingerprint density at radius 2 is 1.92 bits per heavy atom. The highest BCUT2D eigenvalue weighted by Gasteiger charge is 2.06. The number of aliphatic hydroxyl groups excluding tert-OH is 1. The highest BCUT2D eigenvalue weighted by atomic mass is 16.5. The number of aryl methyl sites for hydroxylation is 2. The quantitative estimate of drug-likeness (QED) is 0.660. The molecule has 0 saturated carbocycles. The van der Waals surface area contributed by atoms with Gasteiger partial charge in [0.1, 0.15) is 11.5 Å². The minimum atomic E-state index is 0.0464. The third-order valence-electron chi connectivity index (χ3n) is 4.04. The molecule has 1 radical (unpaired) electrons. The van der Waals surface area contributed by atoms with Crippen molar-refractivity contribution in [2.45, 2.75) is 45.6 Å². The van der Waals surface area contributed by atoms with Gasteiger partial charge in [-0.2, -0.15) is 0 Å². The summed E-state index contributed by atoms with van der Waals surface area (Å²) in [6, 6.07) is 15.1. The van der Waals surface area contributed by atoms with Crippen molar-refractivity contribution in [2.24, 2.45) is 0 Å². The Bertz CT molecular complexity index is 622. The molecule has 2 aromatic rings. The lowest BCUT2D eigenvalue weighted by Gasteiger charge is -2.13. The Morgan fingerprint density at radius 3 is 2.67 bits per heavy atom. The lowest BCUT2D eigenvalue weighted by atomic mass is 10.0. The first kappa shape index (κ1) is 18.3. The largest absolute Gasteiger partial charge is 0.496 e. The van der Waals surface area contributed by atoms with Gasteiger partial charge in [-0.15, -0.1) is 0 Å². The van der Waals surface area contributed by atoms with E-state index in [1.165, 1.54) is 11.1 Å². The molecule has 0 amide bonds. The highest BCUT2D eigenvalue weighted by Crippen LogP contribution is 2.24. The Morgan fingerprint density at radius 1 is 1.04 bits per heavy atom. The minimum Gasteiger partial charge on any atom is -0.496 e. The maximum absolute atomic E-state index is 9.33. The summed E-state index contributed by atoms with van der Waals surface area (Å²) in [7, 11) is 1.66. The van der Waals surface area contributed by atoms with Gasteiger partial charge in [0.2, 0.25) is 0 Å². The summed E-state index contributed by atoms with van der Waals surface area (Å²) < 4.78 is 11.1. The van der Waals surface area contributed by atoms with Gasteiger partial charge in [-0.05, 0) is 54.5 Å². The number of benzene rings is 2. The zero-order chi connectivity index (χ0) is 17.2. The van der Waals surface area contributed by atoms with Gasteiger partial charge >= 0.3 is 0 Å². The van der Waals surface area contributed by atoms with Crippen molar-refractivity contribution < 1.29 is 14.6 Å². The highest BCUT2D eigenvalue weighted by molar-refractivity contribution is 5.38. The first-order chi connectivity index (χ1) is 11.8. The van der Waals surface area contributed by atoms with Gasteiger partial charge in [-0.25, -0.2) is 0 Å². The number of aliphatic hydroxyl groups is 1. The molecule has 0 heterocycles. The molecule has 2 rings (SSSR count). The molecule has 1 N–H and O–H groups in total. The van der Waals surface area contributed by atoms with Crippen LogP contribution in [0.4, 0.5) is 0 Å². The molecule has 3 nitrogen and oxygen atoms in total. The van der Waals surface area contributed by atoms with Gasteiger partial charge in [-0.1, -0.05) is 37.6 Å². The second kappa shape index (κ2) is 9.99. The standard InChI is InChI=1S/C21H27O3/c1-3-4-13-24-21-15-18(16-22)11-12-19(21)9-5-7-17-8-6-10-20(14-17)23-2/h6,8,11-12,14-15,22H,3-5,7,9,13,16H2,1-2H3. The van der Waals surface area contributed by atoms with Crippen molar-refractivity contribution >= 4 is 0 Å². The predicted octanol–water partition coefficient (Wildman–Crippen LogP) is 4.34. The maximum atomic E-state index is 9.33. The Kier molecular flexibility index (Phi) is 7.63. The summed E-state index contributed by atoms with van der Waals surface area (Å²) in [5, 5.41) is 9.33. The van der Waals surface area contributed by atoms with Crippen LogP contribution in [0.15, 0.2) is 36.4 Å². The molecule has 0 saturated heterocycles. The van der Waals surface area contributed by atoms with Crippen molar-refractivity contribution in [3.05, 3.63) is 59.2 Å². The summed E-state index contributed by atoms with van der Waals surface area (Å²) in [5.41, 5.74) is 3.36. The van der Waals surface area contributed by atoms with Crippen LogP contribution in [0.3, 0.4) is 0 Å². The smallest absolute Gasteiger partial charge is 0.127 e. The molecule has 0 fully saturated rings. The molecule has 0 spiro atoms. The molecule has 129 valence electrons. The fourth-order valence-corrected chi connectivity index (χ4v) is 2.61. The van der Waals surface area contributed by atoms with Crippen molar-refractivity contribution in [3.8, 4) is 11.5 Å². The number of rotatable bonds is 10. The number of hydrogen-bond acceptors (Lipinski definition) is 3. The fraction of sp³-hybridized carbons (Fsp3) is 0.429. The summed E-state index contributed by atoms with van der Waals surface area (Å²) in [6.07, 6.45) is 5.13. The van der Waals surface area contributed by atoms with Gasteiger partial charge in [0.05, 0.1) is 20.3 Å². The van der Waals surface area contributed by atoms with Crippen LogP contribution in [-0.4, -0.2) is 18.8 Å². The van der Waals surface area contributed by atoms with Crippen LogP contribution >= 0.6 is 0 Å². The average molecular weight is 327 g/mol. The van der Waals surface area contributed by atoms with Crippen LogP contribution < -0.4 is 9.47 Å². The average Bonchev–Trinajstić information content (AvgIpc) is 2.63. The molecule has 0 atom stereocenters. The zero-order valence-corrected chi connectivity index (χ0v) is 14.7. The first-order valence-corrected chi connectivity index (χ1v) is 8.67. The van der Waals surface area contributed by atoms with Crippen LogP contribution in [0.1, 0.15) is 42.9 Å². The van der Waals surface area contributed by atoms with E-state index in [2.05, 4.69) is 25.1 Å². The van der Waals surface area contributed by atoms with E-state index in [-0.39, 0.29) is 6.61 Å². The summed E-state index contributed by atoms with van der Waals surface area (Å²) >= 11 is 0. The molecule has 0 aliphatic carbocycles. The number of methoxy groups -OCH3 is 1. The van der Waals surface area contributed by atoms with Crippen molar-refractivity contribution in [3.63, 3.8) is 0 Å². The second-order valence-corrected chi connectivity index (χ2v) is 5.92. The lowest BCUT2D eigenvalue weighted by Crippen LogP contribution is -2.02. The van der Waals surface area contributed by atoms with Gasteiger partial charge < -0.3 is 14.6 Å². The summed E-state index contributed by atoms with van der Waals surface area (Å²) in [4.78, 5) is 0. The molecular weight excluding hydrogens is 300 g/mol. The second-order valence-electron chi connectivity index (χ2n) is 5.92. The van der Waals surface area contributed by atoms with E-state index in [9.17, 15) is 5.11 Å². The SMILES string of the molecule is CCCCOc1cc(CO)ccc1CCCc1cc[c]c(OC)c1. The predicted molar refractivity (Wildman–Crippen MR) is 96.6 cm³/mol. The van der Waals surface area contributed by atoms with Crippen molar-refractivity contribution in [1.82, 2.24) is 0 Å². The number of hydrogen-bond donors (Lipinski definition) is 1. The van der Waals surface area contributed by atoms with E-state index in [0.717, 1.165) is 55.8 Å². The van der Waals surface area contributed by atoms with Gasteiger partial charge in [-0.3, -0.25) is 0 Å². The molecule has 3 heteroatoms. The van der Waals surface area contributed by atoms with Gasteiger partial charge in [0.15, 0.2) is 0 Å². The zero-order valence-electron chi connectivity index (χ0n) is 14.7.